The predicted molar refractivity (Wildman–Crippen MR) is 121 cm³/mol. The molecule has 33 heavy (non-hydrogen) atoms. The van der Waals surface area contributed by atoms with Crippen LogP contribution in [0, 0.1) is 0 Å². The third-order valence-corrected chi connectivity index (χ3v) is 6.31. The highest BCUT2D eigenvalue weighted by molar-refractivity contribution is 5.84. The molecule has 2 N–H and O–H groups in total. The van der Waals surface area contributed by atoms with Crippen LogP contribution in [0.1, 0.15) is 36.8 Å². The molecule has 1 unspecified atom stereocenters. The van der Waals surface area contributed by atoms with E-state index in [2.05, 4.69) is 29.6 Å². The number of fused-ring (bicyclic) bond motifs is 3. The molecule has 1 aliphatic carbocycles. The molecule has 0 aromatic heterocycles. The summed E-state index contributed by atoms with van der Waals surface area (Å²) in [4.78, 5) is 38.0. The van der Waals surface area contributed by atoms with Crippen molar-refractivity contribution >= 4 is 18.0 Å². The molecule has 8 nitrogen and oxygen atoms in total. The van der Waals surface area contributed by atoms with Gasteiger partial charge >= 0.3 is 12.1 Å². The van der Waals surface area contributed by atoms with E-state index in [1.54, 1.807) is 0 Å². The van der Waals surface area contributed by atoms with Crippen LogP contribution in [0.5, 0.6) is 0 Å². The lowest BCUT2D eigenvalue weighted by Crippen LogP contribution is -2.53. The number of ether oxygens (including phenoxy) is 2. The molecule has 2 aliphatic rings. The fraction of sp³-hybridized carbons (Fsp3) is 0.400. The zero-order chi connectivity index (χ0) is 23.4. The minimum Gasteiger partial charge on any atom is -0.480 e. The predicted octanol–water partition coefficient (Wildman–Crippen LogP) is 3.01. The van der Waals surface area contributed by atoms with E-state index in [1.165, 1.54) is 4.90 Å². The molecule has 2 aromatic rings. The van der Waals surface area contributed by atoms with E-state index in [4.69, 9.17) is 9.47 Å². The van der Waals surface area contributed by atoms with E-state index in [0.29, 0.717) is 13.0 Å². The van der Waals surface area contributed by atoms with Gasteiger partial charge in [-0.1, -0.05) is 55.5 Å². The first-order valence-corrected chi connectivity index (χ1v) is 11.2. The van der Waals surface area contributed by atoms with Crippen molar-refractivity contribution in [3.05, 3.63) is 59.7 Å². The molecule has 0 spiro atoms. The number of carboxylic acids is 1. The number of carbonyl (C=O) groups is 3. The van der Waals surface area contributed by atoms with Crippen LogP contribution in [-0.2, 0) is 19.1 Å². The fourth-order valence-electron chi connectivity index (χ4n) is 4.54. The molecule has 4 rings (SSSR count). The number of carboxylic acid groups (broad SMARTS) is 1. The van der Waals surface area contributed by atoms with Gasteiger partial charge in [0.25, 0.3) is 0 Å². The average molecular weight is 453 g/mol. The molecule has 0 radical (unpaired) electrons. The Morgan fingerprint density at radius 3 is 2.36 bits per heavy atom. The highest BCUT2D eigenvalue weighted by atomic mass is 16.5. The summed E-state index contributed by atoms with van der Waals surface area (Å²) in [7, 11) is 0. The standard InChI is InChI=1S/C25H28N2O6/c1-2-16(13-23(28)27-11-12-32-15-22(27)24(29)30)26-25(31)33-14-21-19-9-5-3-7-17(19)18-8-4-6-10-20(18)21/h3-10,16,21-22H,2,11-15H2,1H3,(H,26,31)(H,29,30)/t16-,22?/m0/s1. The first-order valence-electron chi connectivity index (χ1n) is 11.2. The maximum Gasteiger partial charge on any atom is 0.407 e. The second-order valence-electron chi connectivity index (χ2n) is 8.30. The summed E-state index contributed by atoms with van der Waals surface area (Å²) >= 11 is 0. The van der Waals surface area contributed by atoms with Crippen LogP contribution in [0.25, 0.3) is 11.1 Å². The van der Waals surface area contributed by atoms with Gasteiger partial charge in [-0.3, -0.25) is 4.79 Å². The van der Waals surface area contributed by atoms with Crippen molar-refractivity contribution in [1.82, 2.24) is 10.2 Å². The van der Waals surface area contributed by atoms with Crippen molar-refractivity contribution in [2.24, 2.45) is 0 Å². The largest absolute Gasteiger partial charge is 0.480 e. The van der Waals surface area contributed by atoms with Crippen molar-refractivity contribution in [2.45, 2.75) is 37.8 Å². The summed E-state index contributed by atoms with van der Waals surface area (Å²) in [6.07, 6.45) is -0.0732. The third-order valence-electron chi connectivity index (χ3n) is 6.31. The Bertz CT molecular complexity index is 994. The van der Waals surface area contributed by atoms with Gasteiger partial charge in [-0.05, 0) is 28.7 Å². The number of nitrogens with zero attached hydrogens (tertiary/aromatic N) is 1. The molecular weight excluding hydrogens is 424 g/mol. The lowest BCUT2D eigenvalue weighted by atomic mass is 9.98. The zero-order valence-corrected chi connectivity index (χ0v) is 18.5. The zero-order valence-electron chi connectivity index (χ0n) is 18.5. The lowest BCUT2D eigenvalue weighted by Gasteiger charge is -2.33. The van der Waals surface area contributed by atoms with E-state index in [9.17, 15) is 19.5 Å². The summed E-state index contributed by atoms with van der Waals surface area (Å²) in [5.41, 5.74) is 4.55. The Kier molecular flexibility index (Phi) is 6.93. The number of carbonyl (C=O) groups excluding carboxylic acids is 2. The number of morpholine rings is 1. The van der Waals surface area contributed by atoms with Crippen LogP contribution in [0.2, 0.25) is 0 Å². The summed E-state index contributed by atoms with van der Waals surface area (Å²) < 4.78 is 10.8. The SMILES string of the molecule is CC[C@@H](CC(=O)N1CCOCC1C(=O)O)NC(=O)OCC1c2ccccc2-c2ccccc21. The summed E-state index contributed by atoms with van der Waals surface area (Å²) in [5.74, 6) is -1.47. The van der Waals surface area contributed by atoms with Crippen LogP contribution in [-0.4, -0.2) is 66.4 Å². The van der Waals surface area contributed by atoms with Gasteiger partial charge in [-0.25, -0.2) is 9.59 Å². The normalized spacial score (nSPS) is 18.2. The highest BCUT2D eigenvalue weighted by Gasteiger charge is 2.34. The Morgan fingerprint density at radius 2 is 1.76 bits per heavy atom. The van der Waals surface area contributed by atoms with E-state index < -0.39 is 24.1 Å². The van der Waals surface area contributed by atoms with Crippen molar-refractivity contribution in [1.29, 1.82) is 0 Å². The summed E-state index contributed by atoms with van der Waals surface area (Å²) in [5, 5.41) is 12.1. The van der Waals surface area contributed by atoms with Crippen molar-refractivity contribution in [2.75, 3.05) is 26.4 Å². The molecule has 1 heterocycles. The van der Waals surface area contributed by atoms with Gasteiger partial charge in [0.1, 0.15) is 6.61 Å². The van der Waals surface area contributed by atoms with Gasteiger partial charge in [0.2, 0.25) is 5.91 Å². The molecule has 1 aliphatic heterocycles. The second kappa shape index (κ2) is 10.0. The van der Waals surface area contributed by atoms with Gasteiger partial charge in [-0.15, -0.1) is 0 Å². The molecule has 0 bridgehead atoms. The Morgan fingerprint density at radius 1 is 1.12 bits per heavy atom. The van der Waals surface area contributed by atoms with Crippen LogP contribution >= 0.6 is 0 Å². The van der Waals surface area contributed by atoms with E-state index >= 15 is 0 Å². The molecule has 1 fully saturated rings. The third kappa shape index (κ3) is 4.85. The van der Waals surface area contributed by atoms with Crippen LogP contribution in [0.4, 0.5) is 4.79 Å². The molecule has 0 saturated carbocycles. The first kappa shape index (κ1) is 22.8. The number of nitrogens with one attached hydrogen (secondary N) is 1. The Labute approximate surface area is 192 Å². The lowest BCUT2D eigenvalue weighted by molar-refractivity contribution is -0.158. The summed E-state index contributed by atoms with van der Waals surface area (Å²) in [6, 6.07) is 14.7. The number of benzene rings is 2. The average Bonchev–Trinajstić information content (AvgIpc) is 3.16. The van der Waals surface area contributed by atoms with Gasteiger partial charge in [-0.2, -0.15) is 0 Å². The molecule has 8 heteroatoms. The van der Waals surface area contributed by atoms with Gasteiger partial charge in [0.15, 0.2) is 6.04 Å². The Hall–Kier alpha value is -3.39. The maximum absolute atomic E-state index is 12.7. The minimum absolute atomic E-state index is 0.00444. The van der Waals surface area contributed by atoms with Crippen LogP contribution < -0.4 is 5.32 Å². The van der Waals surface area contributed by atoms with Crippen LogP contribution in [0.15, 0.2) is 48.5 Å². The smallest absolute Gasteiger partial charge is 0.407 e. The van der Waals surface area contributed by atoms with E-state index in [1.807, 2.05) is 31.2 Å². The van der Waals surface area contributed by atoms with Crippen molar-refractivity contribution < 1.29 is 29.0 Å². The number of hydrogen-bond acceptors (Lipinski definition) is 5. The molecular formula is C25H28N2O6. The molecule has 2 aromatic carbocycles. The highest BCUT2D eigenvalue weighted by Crippen LogP contribution is 2.44. The fourth-order valence-corrected chi connectivity index (χ4v) is 4.54. The van der Waals surface area contributed by atoms with E-state index in [0.717, 1.165) is 22.3 Å². The van der Waals surface area contributed by atoms with Gasteiger partial charge < -0.3 is 24.8 Å². The minimum atomic E-state index is -1.10. The van der Waals surface area contributed by atoms with Gasteiger partial charge in [0.05, 0.1) is 13.2 Å². The number of aliphatic carboxylic acids is 1. The molecule has 2 atom stereocenters. The Balaban J connectivity index is 1.35. The van der Waals surface area contributed by atoms with Crippen molar-refractivity contribution in [3.63, 3.8) is 0 Å². The molecule has 2 amide bonds. The topological polar surface area (TPSA) is 105 Å². The quantitative estimate of drug-likeness (QED) is 0.669. The number of hydrogen-bond donors (Lipinski definition) is 2. The maximum atomic E-state index is 12.7. The number of alkyl carbamates (subject to hydrolysis) is 1. The van der Waals surface area contributed by atoms with Gasteiger partial charge in [0, 0.05) is 24.9 Å². The second-order valence-corrected chi connectivity index (χ2v) is 8.30. The monoisotopic (exact) mass is 452 g/mol. The van der Waals surface area contributed by atoms with Crippen LogP contribution in [0.3, 0.4) is 0 Å². The molecule has 1 saturated heterocycles. The summed E-state index contributed by atoms with van der Waals surface area (Å²) in [6.45, 7) is 2.53. The first-order chi connectivity index (χ1) is 16.0. The number of amides is 2. The molecule has 174 valence electrons. The van der Waals surface area contributed by atoms with Crippen molar-refractivity contribution in [3.8, 4) is 11.1 Å². The number of rotatable bonds is 7. The van der Waals surface area contributed by atoms with E-state index in [-0.39, 0.29) is 38.0 Å².